The molecule has 4 rings (SSSR count). The van der Waals surface area contributed by atoms with Crippen LogP contribution in [0.3, 0.4) is 0 Å². The van der Waals surface area contributed by atoms with Crippen LogP contribution in [-0.2, 0) is 28.1 Å². The molecule has 1 atom stereocenters. The molecule has 27 heavy (non-hydrogen) atoms. The van der Waals surface area contributed by atoms with Gasteiger partial charge in [0.2, 0.25) is 11.8 Å². The Kier molecular flexibility index (Phi) is 4.26. The molecule has 3 heterocycles. The summed E-state index contributed by atoms with van der Waals surface area (Å²) in [5.74, 6) is -0.501. The van der Waals surface area contributed by atoms with E-state index in [4.69, 9.17) is 5.73 Å². The van der Waals surface area contributed by atoms with Gasteiger partial charge >= 0.3 is 0 Å². The molecule has 0 unspecified atom stereocenters. The number of amides is 2. The zero-order valence-corrected chi connectivity index (χ0v) is 15.8. The topological polar surface area (TPSA) is 84.5 Å². The van der Waals surface area contributed by atoms with E-state index in [-0.39, 0.29) is 12.5 Å². The van der Waals surface area contributed by atoms with Gasteiger partial charge < -0.3 is 10.6 Å². The number of aryl methyl sites for hydroxylation is 2. The van der Waals surface area contributed by atoms with Gasteiger partial charge in [0.15, 0.2) is 0 Å². The van der Waals surface area contributed by atoms with Gasteiger partial charge in [-0.3, -0.25) is 19.2 Å². The van der Waals surface area contributed by atoms with Crippen LogP contribution in [0.15, 0.2) is 30.5 Å². The van der Waals surface area contributed by atoms with E-state index in [0.29, 0.717) is 6.54 Å². The maximum atomic E-state index is 13.3. The predicted octanol–water partition coefficient (Wildman–Crippen LogP) is 1.19. The Morgan fingerprint density at radius 3 is 2.81 bits per heavy atom. The summed E-state index contributed by atoms with van der Waals surface area (Å²) >= 11 is 0. The number of aromatic nitrogens is 2. The van der Waals surface area contributed by atoms with Gasteiger partial charge in [-0.2, -0.15) is 5.10 Å². The van der Waals surface area contributed by atoms with Crippen LogP contribution >= 0.6 is 0 Å². The van der Waals surface area contributed by atoms with Crippen molar-refractivity contribution in [2.24, 2.45) is 5.73 Å². The molecular formula is C20H25N5O2. The Morgan fingerprint density at radius 1 is 1.33 bits per heavy atom. The molecule has 142 valence electrons. The van der Waals surface area contributed by atoms with Crippen LogP contribution in [0.5, 0.6) is 0 Å². The first-order chi connectivity index (χ1) is 12.9. The number of nitrogens with two attached hydrogens (primary N) is 1. The lowest BCUT2D eigenvalue weighted by Gasteiger charge is -2.24. The van der Waals surface area contributed by atoms with E-state index in [0.717, 1.165) is 43.0 Å². The second-order valence-corrected chi connectivity index (χ2v) is 7.51. The molecule has 1 aromatic heterocycles. The van der Waals surface area contributed by atoms with Gasteiger partial charge in [-0.05, 0) is 38.4 Å². The summed E-state index contributed by atoms with van der Waals surface area (Å²) in [6.45, 7) is 7.13. The Bertz CT molecular complexity index is 906. The number of primary amides is 1. The maximum Gasteiger partial charge on any atom is 0.239 e. The van der Waals surface area contributed by atoms with Gasteiger partial charge in [0.25, 0.3) is 0 Å². The van der Waals surface area contributed by atoms with Crippen LogP contribution in [0.4, 0.5) is 5.69 Å². The van der Waals surface area contributed by atoms with Crippen molar-refractivity contribution in [3.8, 4) is 0 Å². The fourth-order valence-electron chi connectivity index (χ4n) is 4.44. The number of carbonyl (C=O) groups is 2. The van der Waals surface area contributed by atoms with Crippen molar-refractivity contribution in [1.29, 1.82) is 0 Å². The fourth-order valence-corrected chi connectivity index (χ4v) is 4.44. The number of nitrogens with zero attached hydrogens (tertiary/aromatic N) is 4. The number of likely N-dealkylation sites (tertiary alicyclic amines) is 1. The summed E-state index contributed by atoms with van der Waals surface area (Å²) in [6.07, 6.45) is 2.84. The SMILES string of the molecule is CCn1cc(CN2CC[C@@]3(C2)C(=O)N(CC(N)=O)c2ccccc23)c(C)n1. The first-order valence-corrected chi connectivity index (χ1v) is 9.39. The Morgan fingerprint density at radius 2 is 2.11 bits per heavy atom. The van der Waals surface area contributed by atoms with Crippen molar-refractivity contribution in [3.63, 3.8) is 0 Å². The van der Waals surface area contributed by atoms with E-state index in [1.54, 1.807) is 4.90 Å². The van der Waals surface area contributed by atoms with Crippen molar-refractivity contribution >= 4 is 17.5 Å². The van der Waals surface area contributed by atoms with E-state index in [1.165, 1.54) is 5.56 Å². The second kappa shape index (κ2) is 6.49. The average molecular weight is 367 g/mol. The molecule has 7 heteroatoms. The summed E-state index contributed by atoms with van der Waals surface area (Å²) in [6, 6.07) is 7.77. The van der Waals surface area contributed by atoms with E-state index in [2.05, 4.69) is 23.1 Å². The number of hydrogen-bond donors (Lipinski definition) is 1. The number of fused-ring (bicyclic) bond motifs is 2. The molecule has 0 saturated carbocycles. The highest BCUT2D eigenvalue weighted by atomic mass is 16.2. The largest absolute Gasteiger partial charge is 0.368 e. The molecule has 0 bridgehead atoms. The average Bonchev–Trinajstić information content (AvgIpc) is 3.29. The van der Waals surface area contributed by atoms with Crippen LogP contribution in [0.2, 0.25) is 0 Å². The smallest absolute Gasteiger partial charge is 0.239 e. The predicted molar refractivity (Wildman–Crippen MR) is 102 cm³/mol. The number of rotatable bonds is 5. The summed E-state index contributed by atoms with van der Waals surface area (Å²) in [4.78, 5) is 28.7. The Labute approximate surface area is 158 Å². The van der Waals surface area contributed by atoms with Crippen LogP contribution in [0.1, 0.15) is 30.2 Å². The standard InChI is InChI=1S/C20H25N5O2/c1-3-24-11-15(14(2)22-24)10-23-9-8-20(13-23)16-6-4-5-7-17(16)25(19(20)27)12-18(21)26/h4-7,11H,3,8-10,12-13H2,1-2H3,(H2,21,26)/t20-/m0/s1. The van der Waals surface area contributed by atoms with Gasteiger partial charge in [0, 0.05) is 37.1 Å². The molecule has 2 amide bonds. The highest BCUT2D eigenvalue weighted by molar-refractivity contribution is 6.11. The van der Waals surface area contributed by atoms with Gasteiger partial charge in [0.05, 0.1) is 11.1 Å². The minimum absolute atomic E-state index is 0.00836. The number of para-hydroxylation sites is 1. The van der Waals surface area contributed by atoms with Crippen molar-refractivity contribution in [3.05, 3.63) is 47.3 Å². The molecule has 2 aromatic rings. The zero-order valence-electron chi connectivity index (χ0n) is 15.8. The number of hydrogen-bond acceptors (Lipinski definition) is 4. The minimum atomic E-state index is -0.583. The second-order valence-electron chi connectivity index (χ2n) is 7.51. The summed E-state index contributed by atoms with van der Waals surface area (Å²) in [5, 5.41) is 4.52. The minimum Gasteiger partial charge on any atom is -0.368 e. The zero-order chi connectivity index (χ0) is 19.2. The highest BCUT2D eigenvalue weighted by Gasteiger charge is 2.54. The highest BCUT2D eigenvalue weighted by Crippen LogP contribution is 2.47. The van der Waals surface area contributed by atoms with Crippen LogP contribution < -0.4 is 10.6 Å². The molecule has 1 fully saturated rings. The number of carbonyl (C=O) groups excluding carboxylic acids is 2. The summed E-state index contributed by atoms with van der Waals surface area (Å²) < 4.78 is 1.95. The quantitative estimate of drug-likeness (QED) is 0.860. The van der Waals surface area contributed by atoms with E-state index >= 15 is 0 Å². The van der Waals surface area contributed by atoms with Gasteiger partial charge in [0.1, 0.15) is 6.54 Å². The van der Waals surface area contributed by atoms with Crippen molar-refractivity contribution in [2.45, 2.75) is 38.8 Å². The first-order valence-electron chi connectivity index (χ1n) is 9.39. The van der Waals surface area contributed by atoms with Crippen LogP contribution in [0, 0.1) is 6.92 Å². The molecule has 1 spiro atoms. The lowest BCUT2D eigenvalue weighted by Crippen LogP contribution is -2.45. The van der Waals surface area contributed by atoms with E-state index < -0.39 is 11.3 Å². The van der Waals surface area contributed by atoms with E-state index in [9.17, 15) is 9.59 Å². The molecule has 0 aliphatic carbocycles. The molecular weight excluding hydrogens is 342 g/mol. The molecule has 2 aliphatic rings. The van der Waals surface area contributed by atoms with E-state index in [1.807, 2.05) is 35.9 Å². The molecule has 0 radical (unpaired) electrons. The third-order valence-electron chi connectivity index (χ3n) is 5.79. The molecule has 2 aliphatic heterocycles. The first kappa shape index (κ1) is 17.7. The fraction of sp³-hybridized carbons (Fsp3) is 0.450. The third kappa shape index (κ3) is 2.82. The van der Waals surface area contributed by atoms with Crippen LogP contribution in [0.25, 0.3) is 0 Å². The molecule has 7 nitrogen and oxygen atoms in total. The van der Waals surface area contributed by atoms with Crippen molar-refractivity contribution < 1.29 is 9.59 Å². The summed E-state index contributed by atoms with van der Waals surface area (Å²) in [7, 11) is 0. The Hall–Kier alpha value is -2.67. The number of anilines is 1. The van der Waals surface area contributed by atoms with Gasteiger partial charge in [-0.15, -0.1) is 0 Å². The normalized spacial score (nSPS) is 22.0. The lowest BCUT2D eigenvalue weighted by atomic mass is 9.81. The maximum absolute atomic E-state index is 13.3. The van der Waals surface area contributed by atoms with Gasteiger partial charge in [-0.25, -0.2) is 0 Å². The monoisotopic (exact) mass is 367 g/mol. The molecule has 2 N–H and O–H groups in total. The van der Waals surface area contributed by atoms with Crippen molar-refractivity contribution in [2.75, 3.05) is 24.5 Å². The lowest BCUT2D eigenvalue weighted by molar-refractivity contribution is -0.125. The summed E-state index contributed by atoms with van der Waals surface area (Å²) in [5.41, 5.74) is 8.87. The van der Waals surface area contributed by atoms with Gasteiger partial charge in [-0.1, -0.05) is 18.2 Å². The van der Waals surface area contributed by atoms with Crippen molar-refractivity contribution in [1.82, 2.24) is 14.7 Å². The molecule has 1 saturated heterocycles. The Balaban J connectivity index is 1.61. The number of benzene rings is 1. The molecule has 1 aromatic carbocycles. The third-order valence-corrected chi connectivity index (χ3v) is 5.79. The van der Waals surface area contributed by atoms with Crippen LogP contribution in [-0.4, -0.2) is 46.1 Å².